The first-order valence-electron chi connectivity index (χ1n) is 10.1. The van der Waals surface area contributed by atoms with Gasteiger partial charge in [-0.3, -0.25) is 9.69 Å². The summed E-state index contributed by atoms with van der Waals surface area (Å²) in [5.74, 6) is 0.558. The Morgan fingerprint density at radius 1 is 1.07 bits per heavy atom. The number of primary amides is 1. The Balaban J connectivity index is 1.29. The fraction of sp³-hybridized carbons (Fsp3) is 0.571. The van der Waals surface area contributed by atoms with E-state index in [-0.39, 0.29) is 5.76 Å². The van der Waals surface area contributed by atoms with Gasteiger partial charge in [-0.1, -0.05) is 0 Å². The van der Waals surface area contributed by atoms with Gasteiger partial charge in [-0.2, -0.15) is 0 Å². The third-order valence-electron chi connectivity index (χ3n) is 6.23. The number of carbonyl (C=O) groups is 1. The minimum Gasteiger partial charge on any atom is -0.451 e. The number of furan rings is 1. The molecule has 1 aliphatic carbocycles. The lowest BCUT2D eigenvalue weighted by molar-refractivity contribution is 0.0976. The van der Waals surface area contributed by atoms with Gasteiger partial charge >= 0.3 is 0 Å². The van der Waals surface area contributed by atoms with Crippen LogP contribution in [0.3, 0.4) is 0 Å². The summed E-state index contributed by atoms with van der Waals surface area (Å²) >= 11 is 0. The van der Waals surface area contributed by atoms with Gasteiger partial charge in [0.15, 0.2) is 5.76 Å². The number of benzene rings is 1. The van der Waals surface area contributed by atoms with Crippen LogP contribution in [0.4, 0.5) is 5.69 Å². The van der Waals surface area contributed by atoms with Crippen molar-refractivity contribution >= 4 is 22.6 Å². The third-order valence-corrected chi connectivity index (χ3v) is 6.23. The Morgan fingerprint density at radius 3 is 2.52 bits per heavy atom. The molecular formula is C21H30N4O2. The highest BCUT2D eigenvalue weighted by molar-refractivity contribution is 5.95. The van der Waals surface area contributed by atoms with Gasteiger partial charge in [0.25, 0.3) is 5.91 Å². The molecule has 27 heavy (non-hydrogen) atoms. The number of nitrogens with zero attached hydrogens (tertiary/aromatic N) is 2. The Hall–Kier alpha value is -2.05. The zero-order valence-corrected chi connectivity index (χ0v) is 15.9. The van der Waals surface area contributed by atoms with Crippen molar-refractivity contribution < 1.29 is 9.21 Å². The molecule has 1 saturated carbocycles. The van der Waals surface area contributed by atoms with Crippen LogP contribution in [0.5, 0.6) is 0 Å². The Morgan fingerprint density at radius 2 is 1.81 bits per heavy atom. The van der Waals surface area contributed by atoms with Crippen LogP contribution in [0.15, 0.2) is 28.7 Å². The predicted octanol–water partition coefficient (Wildman–Crippen LogP) is 2.56. The van der Waals surface area contributed by atoms with Gasteiger partial charge in [-0.05, 0) is 68.8 Å². The number of anilines is 1. The summed E-state index contributed by atoms with van der Waals surface area (Å²) < 4.78 is 5.48. The van der Waals surface area contributed by atoms with E-state index in [1.807, 2.05) is 6.07 Å². The normalized spacial score (nSPS) is 24.4. The second-order valence-corrected chi connectivity index (χ2v) is 8.10. The van der Waals surface area contributed by atoms with Crippen molar-refractivity contribution in [2.75, 3.05) is 37.6 Å². The van der Waals surface area contributed by atoms with Crippen LogP contribution in [0.1, 0.15) is 42.7 Å². The van der Waals surface area contributed by atoms with Crippen molar-refractivity contribution in [2.45, 2.75) is 38.1 Å². The van der Waals surface area contributed by atoms with Crippen LogP contribution >= 0.6 is 0 Å². The van der Waals surface area contributed by atoms with Crippen LogP contribution in [0.2, 0.25) is 0 Å². The molecule has 2 fully saturated rings. The SMILES string of the molecule is NC(=O)c1cc2cc(N3CCN(CCC4CCC(N)CC4)CC3)ccc2o1. The van der Waals surface area contributed by atoms with Crippen molar-refractivity contribution in [3.8, 4) is 0 Å². The van der Waals surface area contributed by atoms with E-state index in [0.717, 1.165) is 37.5 Å². The zero-order chi connectivity index (χ0) is 18.8. The summed E-state index contributed by atoms with van der Waals surface area (Å²) in [4.78, 5) is 16.3. The van der Waals surface area contributed by atoms with E-state index < -0.39 is 5.91 Å². The summed E-state index contributed by atoms with van der Waals surface area (Å²) in [7, 11) is 0. The van der Waals surface area contributed by atoms with E-state index in [9.17, 15) is 4.79 Å². The molecule has 0 unspecified atom stereocenters. The van der Waals surface area contributed by atoms with E-state index in [0.29, 0.717) is 11.6 Å². The molecule has 146 valence electrons. The van der Waals surface area contributed by atoms with Crippen molar-refractivity contribution in [3.05, 3.63) is 30.0 Å². The Kier molecular flexibility index (Phi) is 5.36. The van der Waals surface area contributed by atoms with Gasteiger partial charge in [-0.15, -0.1) is 0 Å². The lowest BCUT2D eigenvalue weighted by atomic mass is 9.84. The number of fused-ring (bicyclic) bond motifs is 1. The highest BCUT2D eigenvalue weighted by Gasteiger charge is 2.22. The van der Waals surface area contributed by atoms with Crippen molar-refractivity contribution in [1.29, 1.82) is 0 Å². The minimum absolute atomic E-state index is 0.218. The molecule has 2 aliphatic rings. The van der Waals surface area contributed by atoms with Crippen molar-refractivity contribution in [3.63, 3.8) is 0 Å². The standard InChI is InChI=1S/C21H30N4O2/c22-17-3-1-15(2-4-17)7-8-24-9-11-25(12-10-24)18-5-6-19-16(13-18)14-20(27-19)21(23)26/h5-6,13-15,17H,1-4,7-12,22H2,(H2,23,26). The molecule has 4 rings (SSSR count). The van der Waals surface area contributed by atoms with Crippen LogP contribution in [0, 0.1) is 5.92 Å². The number of amides is 1. The predicted molar refractivity (Wildman–Crippen MR) is 108 cm³/mol. The maximum Gasteiger partial charge on any atom is 0.284 e. The van der Waals surface area contributed by atoms with Gasteiger partial charge in [-0.25, -0.2) is 0 Å². The second kappa shape index (κ2) is 7.90. The lowest BCUT2D eigenvalue weighted by Crippen LogP contribution is -2.47. The summed E-state index contributed by atoms with van der Waals surface area (Å²) in [6.45, 7) is 5.46. The summed E-state index contributed by atoms with van der Waals surface area (Å²) in [6.07, 6.45) is 6.32. The van der Waals surface area contributed by atoms with E-state index >= 15 is 0 Å². The quantitative estimate of drug-likeness (QED) is 0.844. The minimum atomic E-state index is -0.527. The first-order valence-corrected chi connectivity index (χ1v) is 10.1. The zero-order valence-electron chi connectivity index (χ0n) is 15.9. The van der Waals surface area contributed by atoms with Crippen LogP contribution in [-0.2, 0) is 0 Å². The number of nitrogens with two attached hydrogens (primary N) is 2. The van der Waals surface area contributed by atoms with E-state index in [2.05, 4.69) is 21.9 Å². The van der Waals surface area contributed by atoms with Crippen molar-refractivity contribution in [2.24, 2.45) is 17.4 Å². The fourth-order valence-electron chi connectivity index (χ4n) is 4.42. The van der Waals surface area contributed by atoms with Gasteiger partial charge in [0, 0.05) is 43.3 Å². The molecule has 1 aromatic heterocycles. The molecule has 0 bridgehead atoms. The molecule has 6 nitrogen and oxygen atoms in total. The van der Waals surface area contributed by atoms with E-state index in [1.54, 1.807) is 6.07 Å². The molecule has 1 amide bonds. The number of rotatable bonds is 5. The molecule has 1 aliphatic heterocycles. The lowest BCUT2D eigenvalue weighted by Gasteiger charge is -2.37. The molecule has 2 heterocycles. The molecule has 0 radical (unpaired) electrons. The van der Waals surface area contributed by atoms with E-state index in [4.69, 9.17) is 15.9 Å². The molecule has 0 spiro atoms. The Bertz CT molecular complexity index is 787. The molecule has 2 aromatic rings. The number of carbonyl (C=O) groups excluding carboxylic acids is 1. The first kappa shape index (κ1) is 18.3. The first-order chi connectivity index (χ1) is 13.1. The molecule has 1 aromatic carbocycles. The van der Waals surface area contributed by atoms with Crippen LogP contribution in [0.25, 0.3) is 11.0 Å². The molecular weight excluding hydrogens is 340 g/mol. The van der Waals surface area contributed by atoms with Gasteiger partial charge in [0.2, 0.25) is 0 Å². The molecule has 0 atom stereocenters. The molecule has 4 N–H and O–H groups in total. The van der Waals surface area contributed by atoms with Gasteiger partial charge in [0.05, 0.1) is 0 Å². The highest BCUT2D eigenvalue weighted by atomic mass is 16.3. The van der Waals surface area contributed by atoms with Gasteiger partial charge in [0.1, 0.15) is 5.58 Å². The summed E-state index contributed by atoms with van der Waals surface area (Å²) in [5, 5.41) is 0.930. The van der Waals surface area contributed by atoms with Crippen LogP contribution in [-0.4, -0.2) is 49.6 Å². The summed E-state index contributed by atoms with van der Waals surface area (Å²) in [6, 6.07) is 8.26. The highest BCUT2D eigenvalue weighted by Crippen LogP contribution is 2.28. The number of hydrogen-bond acceptors (Lipinski definition) is 5. The second-order valence-electron chi connectivity index (χ2n) is 8.10. The van der Waals surface area contributed by atoms with Gasteiger partial charge < -0.3 is 20.8 Å². The smallest absolute Gasteiger partial charge is 0.284 e. The summed E-state index contributed by atoms with van der Waals surface area (Å²) in [5.41, 5.74) is 13.2. The maximum atomic E-state index is 11.3. The molecule has 1 saturated heterocycles. The Labute approximate surface area is 160 Å². The van der Waals surface area contributed by atoms with E-state index in [1.165, 1.54) is 44.3 Å². The number of hydrogen-bond donors (Lipinski definition) is 2. The fourth-order valence-corrected chi connectivity index (χ4v) is 4.42. The average molecular weight is 370 g/mol. The molecule has 6 heteroatoms. The van der Waals surface area contributed by atoms with Crippen LogP contribution < -0.4 is 16.4 Å². The van der Waals surface area contributed by atoms with Crippen molar-refractivity contribution in [1.82, 2.24) is 4.90 Å². The largest absolute Gasteiger partial charge is 0.451 e. The number of piperazine rings is 1. The topological polar surface area (TPSA) is 88.7 Å². The maximum absolute atomic E-state index is 11.3. The monoisotopic (exact) mass is 370 g/mol. The third kappa shape index (κ3) is 4.28. The average Bonchev–Trinajstić information content (AvgIpc) is 3.12.